The summed E-state index contributed by atoms with van der Waals surface area (Å²) in [5.74, 6) is -1.68. The van der Waals surface area contributed by atoms with E-state index in [-0.39, 0.29) is 35.2 Å². The van der Waals surface area contributed by atoms with Crippen LogP contribution in [0.1, 0.15) is 114 Å². The van der Waals surface area contributed by atoms with E-state index >= 15 is 0 Å². The Morgan fingerprint density at radius 2 is 1.40 bits per heavy atom. The molecule has 4 rings (SSSR count). The van der Waals surface area contributed by atoms with E-state index < -0.39 is 70.6 Å². The number of rotatable bonds is 11. The maximum Gasteiger partial charge on any atom is 0.330 e. The van der Waals surface area contributed by atoms with E-state index in [2.05, 4.69) is 34.3 Å². The summed E-state index contributed by atoms with van der Waals surface area (Å²) >= 11 is 0. The average molecular weight is 727 g/mol. The highest BCUT2D eigenvalue weighted by Gasteiger charge is 2.71. The first kappa shape index (κ1) is 42.0. The van der Waals surface area contributed by atoms with Crippen molar-refractivity contribution >= 4 is 17.9 Å². The molecule has 0 aromatic rings. The second kappa shape index (κ2) is 15.5. The molecule has 0 amide bonds. The van der Waals surface area contributed by atoms with Crippen molar-refractivity contribution in [1.29, 1.82) is 0 Å². The van der Waals surface area contributed by atoms with E-state index in [0.29, 0.717) is 25.7 Å². The molecule has 0 bridgehead atoms. The van der Waals surface area contributed by atoms with Crippen LogP contribution < -0.4 is 0 Å². The lowest BCUT2D eigenvalue weighted by molar-refractivity contribution is -0.281. The lowest BCUT2D eigenvalue weighted by Gasteiger charge is -2.70. The molecule has 0 saturated heterocycles. The van der Waals surface area contributed by atoms with E-state index in [4.69, 9.17) is 14.2 Å². The number of aliphatic hydroxyl groups is 3. The fourth-order valence-electron chi connectivity index (χ4n) is 11.9. The number of hydrogen-bond donors (Lipinski definition) is 3. The number of carbonyl (C=O) groups is 3. The Hall–Kier alpha value is -2.75. The molecule has 0 heterocycles. The number of esters is 3. The quantitative estimate of drug-likeness (QED) is 0.0885. The number of hydrogen-bond acceptors (Lipinski definition) is 9. The molecule has 4 aliphatic carbocycles. The molecule has 52 heavy (non-hydrogen) atoms. The molecule has 292 valence electrons. The van der Waals surface area contributed by atoms with E-state index in [0.717, 1.165) is 25.7 Å². The highest BCUT2D eigenvalue weighted by Crippen LogP contribution is 2.73. The molecule has 0 aromatic heterocycles. The van der Waals surface area contributed by atoms with Crippen LogP contribution in [0.4, 0.5) is 0 Å². The van der Waals surface area contributed by atoms with Crippen LogP contribution in [0.2, 0.25) is 0 Å². The first-order chi connectivity index (χ1) is 24.3. The highest BCUT2D eigenvalue weighted by molar-refractivity contribution is 5.83. The third kappa shape index (κ3) is 6.99. The highest BCUT2D eigenvalue weighted by atomic mass is 16.6. The van der Waals surface area contributed by atoms with Crippen LogP contribution in [-0.2, 0) is 28.6 Å². The molecule has 0 aromatic carbocycles. The van der Waals surface area contributed by atoms with Crippen LogP contribution >= 0.6 is 0 Å². The van der Waals surface area contributed by atoms with Gasteiger partial charge in [-0.2, -0.15) is 0 Å². The minimum Gasteiger partial charge on any atom is -0.462 e. The Morgan fingerprint density at radius 1 is 0.808 bits per heavy atom. The zero-order chi connectivity index (χ0) is 38.9. The van der Waals surface area contributed by atoms with E-state index in [1.54, 1.807) is 39.0 Å². The van der Waals surface area contributed by atoms with Crippen LogP contribution in [-0.4, -0.2) is 70.9 Å². The molecular formula is C43H66O9. The summed E-state index contributed by atoms with van der Waals surface area (Å²) in [6.07, 6.45) is 12.5. The summed E-state index contributed by atoms with van der Waals surface area (Å²) in [5, 5.41) is 34.9. The number of allylic oxidation sites excluding steroid dienone is 4. The third-order valence-electron chi connectivity index (χ3n) is 14.9. The molecule has 4 aliphatic rings. The third-order valence-corrected chi connectivity index (χ3v) is 14.9. The molecule has 4 saturated carbocycles. The number of fused-ring (bicyclic) bond motifs is 2. The molecule has 12 atom stereocenters. The minimum absolute atomic E-state index is 0.0615. The standard InChI is InChI=1S/C43H66O9/c1-11-15-30-40(8)21-20-31(45)41(9,27-50-33(46)16-12-2)29(40)19-22-42(30,10)39(7)24-28-23-38(5,6)36(49)37(52-35(48)18-14-4)43(28,26-44)32(25-39)51-34(47)17-13-3/h11-14,16-18,28-32,36-37,44-45,49H,1,15,19-27H2,2-10H3/b16-12+,17-13+,18-14+/t28?,29?,30?,31-,32+,36-,37-,39-,40-,41+,42+,43-/m0/s1. The molecule has 0 aliphatic heterocycles. The monoisotopic (exact) mass is 726 g/mol. The van der Waals surface area contributed by atoms with Gasteiger partial charge < -0.3 is 29.5 Å². The smallest absolute Gasteiger partial charge is 0.330 e. The first-order valence-electron chi connectivity index (χ1n) is 19.3. The summed E-state index contributed by atoms with van der Waals surface area (Å²) in [6.45, 7) is 22.1. The molecule has 3 unspecified atom stereocenters. The summed E-state index contributed by atoms with van der Waals surface area (Å²) < 4.78 is 18.2. The van der Waals surface area contributed by atoms with Gasteiger partial charge in [-0.25, -0.2) is 14.4 Å². The first-order valence-corrected chi connectivity index (χ1v) is 19.3. The van der Waals surface area contributed by atoms with Crippen molar-refractivity contribution in [3.8, 4) is 0 Å². The van der Waals surface area contributed by atoms with Crippen LogP contribution in [0, 0.1) is 50.2 Å². The van der Waals surface area contributed by atoms with Gasteiger partial charge in [0.05, 0.1) is 30.8 Å². The number of aliphatic hydroxyl groups excluding tert-OH is 3. The van der Waals surface area contributed by atoms with Gasteiger partial charge >= 0.3 is 17.9 Å². The van der Waals surface area contributed by atoms with Gasteiger partial charge in [0.2, 0.25) is 0 Å². The number of ether oxygens (including phenoxy) is 3. The minimum atomic E-state index is -1.24. The lowest BCUT2D eigenvalue weighted by Crippen LogP contribution is -2.71. The maximum absolute atomic E-state index is 13.4. The summed E-state index contributed by atoms with van der Waals surface area (Å²) in [5.41, 5.74) is -3.56. The number of carbonyl (C=O) groups excluding carboxylic acids is 3. The maximum atomic E-state index is 13.4. The Bertz CT molecular complexity index is 1430. The topological polar surface area (TPSA) is 140 Å². The molecule has 4 fully saturated rings. The van der Waals surface area contributed by atoms with Gasteiger partial charge in [-0.05, 0) is 112 Å². The fraction of sp³-hybridized carbons (Fsp3) is 0.744. The molecule has 9 heteroatoms. The predicted molar refractivity (Wildman–Crippen MR) is 201 cm³/mol. The van der Waals surface area contributed by atoms with Gasteiger partial charge in [0.15, 0.2) is 0 Å². The molecular weight excluding hydrogens is 660 g/mol. The Morgan fingerprint density at radius 3 is 1.98 bits per heavy atom. The van der Waals surface area contributed by atoms with Crippen molar-refractivity contribution in [2.24, 2.45) is 50.2 Å². The second-order valence-corrected chi connectivity index (χ2v) is 18.1. The van der Waals surface area contributed by atoms with Gasteiger partial charge in [-0.3, -0.25) is 0 Å². The molecule has 9 nitrogen and oxygen atoms in total. The largest absolute Gasteiger partial charge is 0.462 e. The zero-order valence-corrected chi connectivity index (χ0v) is 33.2. The van der Waals surface area contributed by atoms with E-state index in [9.17, 15) is 29.7 Å². The van der Waals surface area contributed by atoms with Crippen molar-refractivity contribution in [2.75, 3.05) is 13.2 Å². The molecule has 3 N–H and O–H groups in total. The Balaban J connectivity index is 1.85. The van der Waals surface area contributed by atoms with Gasteiger partial charge in [-0.15, -0.1) is 6.58 Å². The summed E-state index contributed by atoms with van der Waals surface area (Å²) in [6, 6.07) is 0. The summed E-state index contributed by atoms with van der Waals surface area (Å²) in [7, 11) is 0. The molecule has 0 spiro atoms. The van der Waals surface area contributed by atoms with Crippen LogP contribution in [0.3, 0.4) is 0 Å². The van der Waals surface area contributed by atoms with Crippen molar-refractivity contribution in [3.63, 3.8) is 0 Å². The van der Waals surface area contributed by atoms with Gasteiger partial charge in [0.1, 0.15) is 12.2 Å². The van der Waals surface area contributed by atoms with E-state index in [1.807, 2.05) is 19.9 Å². The van der Waals surface area contributed by atoms with Gasteiger partial charge in [-0.1, -0.05) is 65.8 Å². The van der Waals surface area contributed by atoms with Crippen LogP contribution in [0.15, 0.2) is 49.1 Å². The van der Waals surface area contributed by atoms with Crippen molar-refractivity contribution in [3.05, 3.63) is 49.1 Å². The SMILES string of the molecule is C=CCC1[C@@]2(C)CC[C@H](O)[C@](C)(COC(=O)/C=C/C)C2CC[C@@]1(C)[C@@]1(C)CC2CC(C)(C)[C@@H](O)[C@H](OC(=O)/C=C/C)[C@]2(CO)[C@H](OC(=O)/C=C/C)C1. The average Bonchev–Trinajstić information content (AvgIpc) is 3.06. The Kier molecular flexibility index (Phi) is 12.6. The van der Waals surface area contributed by atoms with Crippen molar-refractivity contribution in [2.45, 2.75) is 138 Å². The van der Waals surface area contributed by atoms with Gasteiger partial charge in [0.25, 0.3) is 0 Å². The van der Waals surface area contributed by atoms with Gasteiger partial charge in [0, 0.05) is 23.6 Å². The second-order valence-electron chi connectivity index (χ2n) is 18.1. The Labute approximate surface area is 311 Å². The van der Waals surface area contributed by atoms with Crippen molar-refractivity contribution in [1.82, 2.24) is 0 Å². The lowest BCUT2D eigenvalue weighted by atomic mass is 9.35. The fourth-order valence-corrected chi connectivity index (χ4v) is 11.9. The molecule has 0 radical (unpaired) electrons. The van der Waals surface area contributed by atoms with Crippen LogP contribution in [0.25, 0.3) is 0 Å². The van der Waals surface area contributed by atoms with Crippen LogP contribution in [0.5, 0.6) is 0 Å². The van der Waals surface area contributed by atoms with Crippen molar-refractivity contribution < 1.29 is 43.9 Å². The van der Waals surface area contributed by atoms with E-state index in [1.165, 1.54) is 18.2 Å². The zero-order valence-electron chi connectivity index (χ0n) is 33.2. The summed E-state index contributed by atoms with van der Waals surface area (Å²) in [4.78, 5) is 38.9. The predicted octanol–water partition coefficient (Wildman–Crippen LogP) is 7.04. The normalized spacial score (nSPS) is 43.1.